The topological polar surface area (TPSA) is 78.4 Å². The summed E-state index contributed by atoms with van der Waals surface area (Å²) in [6.07, 6.45) is 0. The second-order valence-electron chi connectivity index (χ2n) is 6.22. The van der Waals surface area contributed by atoms with Crippen LogP contribution in [0.2, 0.25) is 0 Å². The normalized spacial score (nSPS) is 15.5. The van der Waals surface area contributed by atoms with E-state index in [1.807, 2.05) is 12.1 Å². The maximum Gasteiger partial charge on any atom is 0.335 e. The van der Waals surface area contributed by atoms with Gasteiger partial charge >= 0.3 is 5.97 Å². The van der Waals surface area contributed by atoms with Crippen LogP contribution in [0.15, 0.2) is 42.5 Å². The highest BCUT2D eigenvalue weighted by Crippen LogP contribution is 2.27. The third-order valence-electron chi connectivity index (χ3n) is 4.55. The summed E-state index contributed by atoms with van der Waals surface area (Å²) in [7, 11) is 0. The quantitative estimate of drug-likeness (QED) is 0.765. The Balaban J connectivity index is 1.60. The average Bonchev–Trinajstić information content (AvgIpc) is 3.06. The molecule has 0 bridgehead atoms. The second-order valence-corrected chi connectivity index (χ2v) is 6.22. The van der Waals surface area contributed by atoms with Crippen LogP contribution in [-0.4, -0.2) is 52.5 Å². The number of morpholine rings is 1. The smallest absolute Gasteiger partial charge is 0.335 e. The van der Waals surface area contributed by atoms with Gasteiger partial charge in [-0.15, -0.1) is 0 Å². The van der Waals surface area contributed by atoms with Crippen molar-refractivity contribution < 1.29 is 14.6 Å². The lowest BCUT2D eigenvalue weighted by atomic mass is 10.0. The molecule has 0 unspecified atom stereocenters. The van der Waals surface area contributed by atoms with Gasteiger partial charge in [0.2, 0.25) is 0 Å². The first kappa shape index (κ1) is 15.8. The van der Waals surface area contributed by atoms with Gasteiger partial charge in [-0.25, -0.2) is 4.79 Å². The van der Waals surface area contributed by atoms with Crippen molar-refractivity contribution in [1.29, 1.82) is 0 Å². The monoisotopic (exact) mass is 337 g/mol. The number of aromatic amines is 1. The molecule has 1 aromatic heterocycles. The molecule has 3 aromatic rings. The number of nitrogens with zero attached hydrogens (tertiary/aromatic N) is 2. The Hall–Kier alpha value is -2.70. The maximum atomic E-state index is 11.2. The second kappa shape index (κ2) is 6.66. The number of ether oxygens (including phenoxy) is 1. The third kappa shape index (κ3) is 3.26. The zero-order valence-corrected chi connectivity index (χ0v) is 13.7. The van der Waals surface area contributed by atoms with E-state index in [0.717, 1.165) is 55.0 Å². The van der Waals surface area contributed by atoms with Crippen molar-refractivity contribution in [2.45, 2.75) is 6.54 Å². The number of carboxylic acids is 1. The Morgan fingerprint density at radius 3 is 2.64 bits per heavy atom. The van der Waals surface area contributed by atoms with E-state index in [1.165, 1.54) is 5.56 Å². The van der Waals surface area contributed by atoms with Crippen LogP contribution in [0.4, 0.5) is 0 Å². The summed E-state index contributed by atoms with van der Waals surface area (Å²) < 4.78 is 5.38. The zero-order chi connectivity index (χ0) is 17.2. The van der Waals surface area contributed by atoms with Crippen molar-refractivity contribution in [3.63, 3.8) is 0 Å². The van der Waals surface area contributed by atoms with E-state index in [2.05, 4.69) is 27.2 Å². The number of rotatable bonds is 4. The van der Waals surface area contributed by atoms with Crippen LogP contribution in [0.3, 0.4) is 0 Å². The first-order valence-electron chi connectivity index (χ1n) is 8.31. The molecule has 2 N–H and O–H groups in total. The van der Waals surface area contributed by atoms with Gasteiger partial charge in [0.1, 0.15) is 0 Å². The lowest BCUT2D eigenvalue weighted by molar-refractivity contribution is 0.0342. The minimum atomic E-state index is -0.935. The van der Waals surface area contributed by atoms with Crippen molar-refractivity contribution in [2.75, 3.05) is 26.3 Å². The Bertz CT molecular complexity index is 896. The van der Waals surface area contributed by atoms with E-state index in [4.69, 9.17) is 4.74 Å². The molecule has 4 rings (SSSR count). The predicted molar refractivity (Wildman–Crippen MR) is 94.6 cm³/mol. The summed E-state index contributed by atoms with van der Waals surface area (Å²) in [5.41, 5.74) is 4.09. The average molecular weight is 337 g/mol. The molecule has 0 atom stereocenters. The molecule has 0 spiro atoms. The highest BCUT2D eigenvalue weighted by Gasteiger charge is 2.13. The van der Waals surface area contributed by atoms with Crippen LogP contribution in [0, 0.1) is 0 Å². The number of benzene rings is 2. The molecule has 2 aromatic carbocycles. The summed E-state index contributed by atoms with van der Waals surface area (Å²) >= 11 is 0. The number of H-pyrrole nitrogens is 1. The maximum absolute atomic E-state index is 11.2. The Kier molecular flexibility index (Phi) is 4.21. The van der Waals surface area contributed by atoms with Crippen LogP contribution in [0.1, 0.15) is 15.9 Å². The molecule has 25 heavy (non-hydrogen) atoms. The molecule has 128 valence electrons. The number of nitrogens with one attached hydrogen (secondary N) is 1. The van der Waals surface area contributed by atoms with Gasteiger partial charge in [-0.05, 0) is 23.8 Å². The van der Waals surface area contributed by atoms with Gasteiger partial charge in [-0.2, -0.15) is 5.10 Å². The predicted octanol–water partition coefficient (Wildman–Crippen LogP) is 2.76. The van der Waals surface area contributed by atoms with Crippen molar-refractivity contribution >= 4 is 16.9 Å². The lowest BCUT2D eigenvalue weighted by Gasteiger charge is -2.26. The molecule has 1 aliphatic rings. The number of carboxylic acid groups (broad SMARTS) is 1. The molecule has 0 aliphatic carbocycles. The standard InChI is InChI=1S/C19H19N3O3/c23-19(24)15-5-6-17-16(11-15)18(21-20-17)14-3-1-13(2-4-14)12-22-7-9-25-10-8-22/h1-6,11H,7-10,12H2,(H,20,21)(H,23,24). The van der Waals surface area contributed by atoms with Crippen molar-refractivity contribution in [2.24, 2.45) is 0 Å². The summed E-state index contributed by atoms with van der Waals surface area (Å²) in [4.78, 5) is 13.6. The van der Waals surface area contributed by atoms with E-state index in [0.29, 0.717) is 0 Å². The molecule has 6 heteroatoms. The van der Waals surface area contributed by atoms with E-state index in [9.17, 15) is 9.90 Å². The van der Waals surface area contributed by atoms with Crippen LogP contribution >= 0.6 is 0 Å². The number of hydrogen-bond acceptors (Lipinski definition) is 4. The number of fused-ring (bicyclic) bond motifs is 1. The summed E-state index contributed by atoms with van der Waals surface area (Å²) in [6.45, 7) is 4.42. The molecule has 6 nitrogen and oxygen atoms in total. The van der Waals surface area contributed by atoms with Gasteiger partial charge in [-0.3, -0.25) is 10.00 Å². The number of aromatic nitrogens is 2. The van der Waals surface area contributed by atoms with Crippen LogP contribution in [-0.2, 0) is 11.3 Å². The molecule has 2 heterocycles. The third-order valence-corrected chi connectivity index (χ3v) is 4.55. The molecule has 1 fully saturated rings. The largest absolute Gasteiger partial charge is 0.478 e. The van der Waals surface area contributed by atoms with Crippen molar-refractivity contribution in [3.05, 3.63) is 53.6 Å². The minimum Gasteiger partial charge on any atom is -0.478 e. The Labute approximate surface area is 145 Å². The molecule has 1 saturated heterocycles. The van der Waals surface area contributed by atoms with Crippen molar-refractivity contribution in [3.8, 4) is 11.3 Å². The van der Waals surface area contributed by atoms with Gasteiger partial charge in [0.25, 0.3) is 0 Å². The van der Waals surface area contributed by atoms with Crippen LogP contribution in [0.5, 0.6) is 0 Å². The number of carbonyl (C=O) groups is 1. The number of hydrogen-bond donors (Lipinski definition) is 2. The van der Waals surface area contributed by atoms with Gasteiger partial charge in [0.05, 0.1) is 30.0 Å². The van der Waals surface area contributed by atoms with E-state index in [1.54, 1.807) is 18.2 Å². The lowest BCUT2D eigenvalue weighted by Crippen LogP contribution is -2.35. The molecule has 1 aliphatic heterocycles. The van der Waals surface area contributed by atoms with Crippen LogP contribution in [0.25, 0.3) is 22.2 Å². The fourth-order valence-electron chi connectivity index (χ4n) is 3.15. The summed E-state index contributed by atoms with van der Waals surface area (Å²) in [5, 5.41) is 17.3. The van der Waals surface area contributed by atoms with Gasteiger partial charge in [0, 0.05) is 30.6 Å². The summed E-state index contributed by atoms with van der Waals surface area (Å²) in [6, 6.07) is 13.3. The van der Waals surface area contributed by atoms with E-state index >= 15 is 0 Å². The van der Waals surface area contributed by atoms with Gasteiger partial charge in [-0.1, -0.05) is 24.3 Å². The Morgan fingerprint density at radius 2 is 1.92 bits per heavy atom. The molecular weight excluding hydrogens is 318 g/mol. The first-order chi connectivity index (χ1) is 12.2. The van der Waals surface area contributed by atoms with E-state index in [-0.39, 0.29) is 5.56 Å². The van der Waals surface area contributed by atoms with Crippen LogP contribution < -0.4 is 0 Å². The summed E-state index contributed by atoms with van der Waals surface area (Å²) in [5.74, 6) is -0.935. The Morgan fingerprint density at radius 1 is 1.16 bits per heavy atom. The first-order valence-corrected chi connectivity index (χ1v) is 8.31. The van der Waals surface area contributed by atoms with Crippen molar-refractivity contribution in [1.82, 2.24) is 15.1 Å². The fourth-order valence-corrected chi connectivity index (χ4v) is 3.15. The fraction of sp³-hybridized carbons (Fsp3) is 0.263. The molecule has 0 saturated carbocycles. The molecule has 0 amide bonds. The molecular formula is C19H19N3O3. The zero-order valence-electron chi connectivity index (χ0n) is 13.7. The van der Waals surface area contributed by atoms with Gasteiger partial charge in [0.15, 0.2) is 0 Å². The highest BCUT2D eigenvalue weighted by atomic mass is 16.5. The highest BCUT2D eigenvalue weighted by molar-refractivity contribution is 5.98. The molecule has 0 radical (unpaired) electrons. The SMILES string of the molecule is O=C(O)c1ccc2[nH]nc(-c3ccc(CN4CCOCC4)cc3)c2c1. The minimum absolute atomic E-state index is 0.263. The number of aromatic carboxylic acids is 1. The van der Waals surface area contributed by atoms with Gasteiger partial charge < -0.3 is 9.84 Å². The van der Waals surface area contributed by atoms with E-state index < -0.39 is 5.97 Å².